The fourth-order valence-corrected chi connectivity index (χ4v) is 15.1. The van der Waals surface area contributed by atoms with Crippen molar-refractivity contribution in [3.63, 3.8) is 0 Å². The molecular weight excluding hydrogens is 907 g/mol. The van der Waals surface area contributed by atoms with Crippen molar-refractivity contribution in [1.29, 1.82) is 0 Å². The smallest absolute Gasteiger partial charge is 0.140 e. The van der Waals surface area contributed by atoms with Gasteiger partial charge in [0, 0.05) is 44.3 Å². The van der Waals surface area contributed by atoms with Gasteiger partial charge in [-0.25, -0.2) is 0 Å². The Morgan fingerprint density at radius 3 is 1.25 bits per heavy atom. The lowest BCUT2D eigenvalue weighted by molar-refractivity contribution is 0.447. The van der Waals surface area contributed by atoms with E-state index in [1.54, 1.807) is 0 Å². The van der Waals surface area contributed by atoms with E-state index >= 15 is 0 Å². The lowest BCUT2D eigenvalue weighted by atomic mass is 9.65. The SMILES string of the molecule is CC1(C)c2ccccc2-c2ccc(N(c3ccc4c(c3)C3(c5ccccc5-4)c4ccc5ccccc5c4Oc4c3ccc3ccccc43)c3cccc4c3-c3ccccc3C43c4ccccc4-c4ccccc43)cc21. The maximum atomic E-state index is 7.40. The third-order valence-corrected chi connectivity index (χ3v) is 18.1. The second kappa shape index (κ2) is 14.5. The van der Waals surface area contributed by atoms with Crippen molar-refractivity contribution in [2.45, 2.75) is 30.1 Å². The summed E-state index contributed by atoms with van der Waals surface area (Å²) in [6, 6.07) is 94.0. The normalized spacial score (nSPS) is 15.2. The lowest BCUT2D eigenvalue weighted by Gasteiger charge is -2.40. The Kier molecular flexibility index (Phi) is 7.97. The van der Waals surface area contributed by atoms with Gasteiger partial charge in [-0.05, 0) is 125 Å². The van der Waals surface area contributed by atoms with E-state index in [0.29, 0.717) is 0 Å². The van der Waals surface area contributed by atoms with E-state index in [0.717, 1.165) is 61.2 Å². The van der Waals surface area contributed by atoms with Crippen molar-refractivity contribution in [3.8, 4) is 56.0 Å². The molecule has 17 rings (SSSR count). The molecule has 75 heavy (non-hydrogen) atoms. The zero-order chi connectivity index (χ0) is 49.4. The highest BCUT2D eigenvalue weighted by Gasteiger charge is 2.54. The molecule has 12 aromatic carbocycles. The van der Waals surface area contributed by atoms with Crippen LogP contribution in [0.5, 0.6) is 11.5 Å². The van der Waals surface area contributed by atoms with Crippen LogP contribution in [0.3, 0.4) is 0 Å². The highest BCUT2D eigenvalue weighted by molar-refractivity contribution is 6.04. The summed E-state index contributed by atoms with van der Waals surface area (Å²) in [5.74, 6) is 1.84. The van der Waals surface area contributed by atoms with Gasteiger partial charge in [0.1, 0.15) is 11.5 Å². The first-order chi connectivity index (χ1) is 37.0. The number of benzene rings is 12. The number of rotatable bonds is 3. The van der Waals surface area contributed by atoms with Crippen LogP contribution in [0, 0.1) is 0 Å². The average molecular weight is 954 g/mol. The fourth-order valence-electron chi connectivity index (χ4n) is 15.1. The largest absolute Gasteiger partial charge is 0.455 e. The predicted molar refractivity (Wildman–Crippen MR) is 307 cm³/mol. The summed E-state index contributed by atoms with van der Waals surface area (Å²) in [7, 11) is 0. The fraction of sp³-hybridized carbons (Fsp3) is 0.0685. The molecule has 0 N–H and O–H groups in total. The van der Waals surface area contributed by atoms with E-state index in [4.69, 9.17) is 4.74 Å². The van der Waals surface area contributed by atoms with Crippen LogP contribution in [0.15, 0.2) is 249 Å². The summed E-state index contributed by atoms with van der Waals surface area (Å²) in [5.41, 5.74) is 25.1. The summed E-state index contributed by atoms with van der Waals surface area (Å²) < 4.78 is 7.40. The first-order valence-corrected chi connectivity index (χ1v) is 26.4. The molecule has 0 radical (unpaired) electrons. The van der Waals surface area contributed by atoms with E-state index in [1.807, 2.05) is 0 Å². The standard InChI is InChI=1S/C73H47NO/c1-71(2)57-27-12-7-22-50(57)54-38-36-46(42-65(54)71)74(67-33-17-32-62-68(67)56-26-11-16-31-61(56)72(62)58-28-13-8-23-51(58)52-24-9-14-29-59(52)72)47-37-39-55-53-25-10-15-30-60(53)73(66(55)43-47)63-40-34-44-18-3-5-20-48(44)69(63)75-70-49-21-6-4-19-45(49)35-41-64(70)73/h3-43H,1-2H3. The molecule has 0 aromatic heterocycles. The van der Waals surface area contributed by atoms with Crippen molar-refractivity contribution in [2.75, 3.05) is 4.90 Å². The van der Waals surface area contributed by atoms with Crippen LogP contribution >= 0.6 is 0 Å². The highest BCUT2D eigenvalue weighted by Crippen LogP contribution is 2.67. The minimum absolute atomic E-state index is 0.204. The molecule has 0 saturated carbocycles. The van der Waals surface area contributed by atoms with Gasteiger partial charge >= 0.3 is 0 Å². The van der Waals surface area contributed by atoms with Gasteiger partial charge in [-0.15, -0.1) is 0 Å². The second-order valence-electron chi connectivity index (χ2n) is 21.8. The summed E-state index contributed by atoms with van der Waals surface area (Å²) >= 11 is 0. The molecule has 2 spiro atoms. The number of ether oxygens (including phenoxy) is 1. The van der Waals surface area contributed by atoms with E-state index in [1.165, 1.54) is 89.0 Å². The molecule has 1 heterocycles. The van der Waals surface area contributed by atoms with Gasteiger partial charge in [0.2, 0.25) is 0 Å². The Morgan fingerprint density at radius 1 is 0.293 bits per heavy atom. The van der Waals surface area contributed by atoms with E-state index < -0.39 is 10.8 Å². The summed E-state index contributed by atoms with van der Waals surface area (Å²) in [6.45, 7) is 4.79. The maximum Gasteiger partial charge on any atom is 0.140 e. The molecule has 2 nitrogen and oxygen atoms in total. The van der Waals surface area contributed by atoms with Crippen molar-refractivity contribution < 1.29 is 4.74 Å². The Balaban J connectivity index is 0.984. The Hall–Kier alpha value is -9.24. The molecule has 0 unspecified atom stereocenters. The average Bonchev–Trinajstić information content (AvgIpc) is 4.34. The summed E-state index contributed by atoms with van der Waals surface area (Å²) in [4.78, 5) is 2.60. The van der Waals surface area contributed by atoms with E-state index in [-0.39, 0.29) is 5.41 Å². The van der Waals surface area contributed by atoms with Crippen molar-refractivity contribution in [1.82, 2.24) is 0 Å². The Labute approximate surface area is 436 Å². The molecule has 350 valence electrons. The number of anilines is 3. The van der Waals surface area contributed by atoms with Crippen molar-refractivity contribution >= 4 is 38.6 Å². The van der Waals surface area contributed by atoms with Gasteiger partial charge in [0.05, 0.1) is 16.5 Å². The molecule has 0 fully saturated rings. The van der Waals surface area contributed by atoms with Crippen LogP contribution in [0.2, 0.25) is 0 Å². The maximum absolute atomic E-state index is 7.40. The van der Waals surface area contributed by atoms with Gasteiger partial charge in [-0.1, -0.05) is 232 Å². The first-order valence-electron chi connectivity index (χ1n) is 26.4. The van der Waals surface area contributed by atoms with Crippen LogP contribution in [0.25, 0.3) is 66.1 Å². The summed E-state index contributed by atoms with van der Waals surface area (Å²) in [6.07, 6.45) is 0. The monoisotopic (exact) mass is 953 g/mol. The van der Waals surface area contributed by atoms with Gasteiger partial charge in [0.25, 0.3) is 0 Å². The molecular formula is C73H47NO. The molecule has 0 saturated heterocycles. The van der Waals surface area contributed by atoms with Crippen LogP contribution in [0.4, 0.5) is 17.1 Å². The first kappa shape index (κ1) is 41.3. The highest BCUT2D eigenvalue weighted by atomic mass is 16.5. The number of hydrogen-bond donors (Lipinski definition) is 0. The van der Waals surface area contributed by atoms with Gasteiger partial charge in [-0.2, -0.15) is 0 Å². The van der Waals surface area contributed by atoms with E-state index in [9.17, 15) is 0 Å². The Bertz CT molecular complexity index is 4380. The van der Waals surface area contributed by atoms with Crippen LogP contribution in [-0.2, 0) is 16.2 Å². The third kappa shape index (κ3) is 5.00. The predicted octanol–water partition coefficient (Wildman–Crippen LogP) is 18.6. The molecule has 2 heteroatoms. The molecule has 0 atom stereocenters. The van der Waals surface area contributed by atoms with Crippen molar-refractivity contribution in [2.24, 2.45) is 0 Å². The van der Waals surface area contributed by atoms with Crippen LogP contribution < -0.4 is 9.64 Å². The van der Waals surface area contributed by atoms with Gasteiger partial charge in [-0.3, -0.25) is 0 Å². The second-order valence-corrected chi connectivity index (χ2v) is 21.8. The van der Waals surface area contributed by atoms with Crippen LogP contribution in [-0.4, -0.2) is 0 Å². The van der Waals surface area contributed by atoms with Crippen LogP contribution in [0.1, 0.15) is 69.5 Å². The van der Waals surface area contributed by atoms with Gasteiger partial charge < -0.3 is 9.64 Å². The Morgan fingerprint density at radius 2 is 0.693 bits per heavy atom. The molecule has 5 aliphatic rings. The number of nitrogens with zero attached hydrogens (tertiary/aromatic N) is 1. The van der Waals surface area contributed by atoms with E-state index in [2.05, 4.69) is 267 Å². The molecule has 12 aromatic rings. The number of fused-ring (bicyclic) bond motifs is 26. The number of hydrogen-bond acceptors (Lipinski definition) is 2. The zero-order valence-corrected chi connectivity index (χ0v) is 41.5. The molecule has 1 aliphatic heterocycles. The summed E-state index contributed by atoms with van der Waals surface area (Å²) in [5, 5.41) is 4.54. The topological polar surface area (TPSA) is 12.5 Å². The zero-order valence-electron chi connectivity index (χ0n) is 41.5. The quantitative estimate of drug-likeness (QED) is 0.175. The van der Waals surface area contributed by atoms with Gasteiger partial charge in [0.15, 0.2) is 0 Å². The molecule has 0 bridgehead atoms. The third-order valence-electron chi connectivity index (χ3n) is 18.1. The minimum atomic E-state index is -0.710. The molecule has 4 aliphatic carbocycles. The minimum Gasteiger partial charge on any atom is -0.455 e. The molecule has 0 amide bonds. The van der Waals surface area contributed by atoms with Crippen molar-refractivity contribution in [3.05, 3.63) is 304 Å². The lowest BCUT2D eigenvalue weighted by Crippen LogP contribution is -2.32.